The molecule has 4 nitrogen and oxygen atoms in total. The predicted molar refractivity (Wildman–Crippen MR) is 86.8 cm³/mol. The molecule has 2 atom stereocenters. The normalized spacial score (nSPS) is 22.7. The van der Waals surface area contributed by atoms with Crippen molar-refractivity contribution in [3.63, 3.8) is 0 Å². The second kappa shape index (κ2) is 5.66. The van der Waals surface area contributed by atoms with Crippen molar-refractivity contribution in [1.29, 1.82) is 0 Å². The minimum Gasteiger partial charge on any atom is -0.399 e. The van der Waals surface area contributed by atoms with Gasteiger partial charge in [0.25, 0.3) is 5.91 Å². The van der Waals surface area contributed by atoms with Gasteiger partial charge in [0.15, 0.2) is 0 Å². The lowest BCUT2D eigenvalue weighted by Gasteiger charge is -2.38. The Morgan fingerprint density at radius 1 is 1.48 bits per heavy atom. The number of morpholine rings is 1. The van der Waals surface area contributed by atoms with Crippen molar-refractivity contribution < 1.29 is 9.53 Å². The largest absolute Gasteiger partial charge is 0.399 e. The lowest BCUT2D eigenvalue weighted by molar-refractivity contribution is -0.0442. The minimum absolute atomic E-state index is 0.0989. The number of carbonyl (C=O) groups excluding carboxylic acids is 1. The van der Waals surface area contributed by atoms with Gasteiger partial charge in [0, 0.05) is 16.9 Å². The van der Waals surface area contributed by atoms with E-state index in [2.05, 4.69) is 6.92 Å². The highest BCUT2D eigenvalue weighted by Crippen LogP contribution is 2.29. The first-order valence-corrected chi connectivity index (χ1v) is 8.11. The van der Waals surface area contributed by atoms with Crippen LogP contribution in [0.4, 0.5) is 5.69 Å². The van der Waals surface area contributed by atoms with E-state index in [4.69, 9.17) is 10.5 Å². The van der Waals surface area contributed by atoms with Crippen LogP contribution in [0.3, 0.4) is 0 Å². The molecule has 112 valence electrons. The van der Waals surface area contributed by atoms with Crippen LogP contribution in [0.5, 0.6) is 0 Å². The number of nitrogen functional groups attached to an aromatic ring is 1. The molecule has 1 aromatic carbocycles. The number of hydrogen-bond acceptors (Lipinski definition) is 4. The first-order valence-electron chi connectivity index (χ1n) is 7.30. The van der Waals surface area contributed by atoms with Crippen molar-refractivity contribution in [3.8, 4) is 0 Å². The Hall–Kier alpha value is -1.59. The quantitative estimate of drug-likeness (QED) is 0.867. The van der Waals surface area contributed by atoms with Crippen molar-refractivity contribution in [1.82, 2.24) is 4.90 Å². The first-order chi connectivity index (χ1) is 10.1. The van der Waals surface area contributed by atoms with Gasteiger partial charge in [-0.2, -0.15) is 0 Å². The highest BCUT2D eigenvalue weighted by molar-refractivity contribution is 7.20. The van der Waals surface area contributed by atoms with E-state index in [9.17, 15) is 4.79 Å². The molecule has 2 N–H and O–H groups in total. The summed E-state index contributed by atoms with van der Waals surface area (Å²) in [7, 11) is 0. The van der Waals surface area contributed by atoms with Crippen LogP contribution in [0.25, 0.3) is 10.1 Å². The summed E-state index contributed by atoms with van der Waals surface area (Å²) in [4.78, 5) is 15.6. The number of nitrogens with zero attached hydrogens (tertiary/aromatic N) is 1. The van der Waals surface area contributed by atoms with E-state index in [0.717, 1.165) is 27.1 Å². The van der Waals surface area contributed by atoms with E-state index in [-0.39, 0.29) is 18.1 Å². The maximum Gasteiger partial charge on any atom is 0.264 e. The summed E-state index contributed by atoms with van der Waals surface area (Å²) in [5.41, 5.74) is 6.53. The number of amides is 1. The fraction of sp³-hybridized carbons (Fsp3) is 0.438. The average molecular weight is 304 g/mol. The highest BCUT2D eigenvalue weighted by Gasteiger charge is 2.30. The second-order valence-corrected chi connectivity index (χ2v) is 6.66. The fourth-order valence-electron chi connectivity index (χ4n) is 2.74. The Morgan fingerprint density at radius 3 is 3.05 bits per heavy atom. The van der Waals surface area contributed by atoms with Crippen LogP contribution in [-0.4, -0.2) is 36.1 Å². The first kappa shape index (κ1) is 14.4. The minimum atomic E-state index is 0.0989. The zero-order valence-corrected chi connectivity index (χ0v) is 13.2. The van der Waals surface area contributed by atoms with Gasteiger partial charge < -0.3 is 15.4 Å². The van der Waals surface area contributed by atoms with Gasteiger partial charge in [-0.05, 0) is 43.0 Å². The van der Waals surface area contributed by atoms with Crippen molar-refractivity contribution >= 4 is 33.0 Å². The molecule has 0 spiro atoms. The van der Waals surface area contributed by atoms with Gasteiger partial charge in [-0.15, -0.1) is 11.3 Å². The van der Waals surface area contributed by atoms with Crippen molar-refractivity contribution in [2.45, 2.75) is 32.4 Å². The van der Waals surface area contributed by atoms with E-state index in [0.29, 0.717) is 13.2 Å². The van der Waals surface area contributed by atoms with Crippen molar-refractivity contribution in [2.75, 3.05) is 18.9 Å². The molecule has 1 aliphatic heterocycles. The second-order valence-electron chi connectivity index (χ2n) is 5.57. The number of carbonyl (C=O) groups is 1. The smallest absolute Gasteiger partial charge is 0.264 e. The van der Waals surface area contributed by atoms with E-state index in [1.54, 1.807) is 0 Å². The Labute approximate surface area is 128 Å². The number of anilines is 1. The van der Waals surface area contributed by atoms with E-state index in [1.807, 2.05) is 36.1 Å². The lowest BCUT2D eigenvalue weighted by Crippen LogP contribution is -2.51. The van der Waals surface area contributed by atoms with Gasteiger partial charge in [0.2, 0.25) is 0 Å². The number of benzene rings is 1. The zero-order chi connectivity index (χ0) is 15.0. The van der Waals surface area contributed by atoms with Crippen molar-refractivity contribution in [2.24, 2.45) is 0 Å². The summed E-state index contributed by atoms with van der Waals surface area (Å²) in [5.74, 6) is 0.108. The van der Waals surface area contributed by atoms with Gasteiger partial charge in [-0.25, -0.2) is 0 Å². The van der Waals surface area contributed by atoms with Crippen LogP contribution in [0, 0.1) is 0 Å². The third-order valence-electron chi connectivity index (χ3n) is 3.95. The molecule has 2 heterocycles. The Bertz CT molecular complexity index is 667. The molecule has 1 fully saturated rings. The van der Waals surface area contributed by atoms with Gasteiger partial charge in [0.05, 0.1) is 23.6 Å². The molecular weight excluding hydrogens is 284 g/mol. The maximum absolute atomic E-state index is 12.8. The molecule has 21 heavy (non-hydrogen) atoms. The van der Waals surface area contributed by atoms with Crippen LogP contribution < -0.4 is 5.73 Å². The summed E-state index contributed by atoms with van der Waals surface area (Å²) in [6, 6.07) is 7.89. The molecule has 0 saturated carbocycles. The van der Waals surface area contributed by atoms with Crippen LogP contribution in [0.2, 0.25) is 0 Å². The summed E-state index contributed by atoms with van der Waals surface area (Å²) in [6.07, 6.45) is 1.01. The standard InChI is InChI=1S/C16H20N2O2S/c1-3-13-9-20-10(2)8-18(13)16(19)15-7-11-6-12(17)4-5-14(11)21-15/h4-7,10,13H,3,8-9,17H2,1-2H3. The number of ether oxygens (including phenoxy) is 1. The number of nitrogens with two attached hydrogens (primary N) is 1. The van der Waals surface area contributed by atoms with E-state index >= 15 is 0 Å². The SMILES string of the molecule is CCC1COC(C)CN1C(=O)c1cc2cc(N)ccc2s1. The average Bonchev–Trinajstić information content (AvgIpc) is 2.89. The third-order valence-corrected chi connectivity index (χ3v) is 5.06. The Morgan fingerprint density at radius 2 is 2.29 bits per heavy atom. The number of thiophene rings is 1. The maximum atomic E-state index is 12.8. The van der Waals surface area contributed by atoms with Crippen LogP contribution in [-0.2, 0) is 4.74 Å². The summed E-state index contributed by atoms with van der Waals surface area (Å²) >= 11 is 1.53. The fourth-order valence-corrected chi connectivity index (χ4v) is 3.74. The van der Waals surface area contributed by atoms with Crippen LogP contribution in [0.1, 0.15) is 29.9 Å². The van der Waals surface area contributed by atoms with Gasteiger partial charge in [0.1, 0.15) is 0 Å². The summed E-state index contributed by atoms with van der Waals surface area (Å²) in [5, 5.41) is 1.04. The lowest BCUT2D eigenvalue weighted by atomic mass is 10.1. The Kier molecular flexibility index (Phi) is 3.87. The molecule has 1 aromatic heterocycles. The van der Waals surface area contributed by atoms with E-state index in [1.165, 1.54) is 11.3 Å². The van der Waals surface area contributed by atoms with Crippen LogP contribution >= 0.6 is 11.3 Å². The Balaban J connectivity index is 1.91. The molecule has 0 radical (unpaired) electrons. The summed E-state index contributed by atoms with van der Waals surface area (Å²) in [6.45, 7) is 5.39. The molecule has 5 heteroatoms. The molecule has 1 amide bonds. The molecule has 2 unspecified atom stereocenters. The molecular formula is C16H20N2O2S. The molecule has 0 aliphatic carbocycles. The topological polar surface area (TPSA) is 55.6 Å². The van der Waals surface area contributed by atoms with E-state index < -0.39 is 0 Å². The van der Waals surface area contributed by atoms with Crippen LogP contribution in [0.15, 0.2) is 24.3 Å². The van der Waals surface area contributed by atoms with Crippen molar-refractivity contribution in [3.05, 3.63) is 29.1 Å². The van der Waals surface area contributed by atoms with Gasteiger partial charge in [-0.3, -0.25) is 4.79 Å². The highest BCUT2D eigenvalue weighted by atomic mass is 32.1. The molecule has 3 rings (SSSR count). The third kappa shape index (κ3) is 2.76. The number of rotatable bonds is 2. The number of hydrogen-bond donors (Lipinski definition) is 1. The van der Waals surface area contributed by atoms with Gasteiger partial charge >= 0.3 is 0 Å². The molecule has 2 aromatic rings. The predicted octanol–water partition coefficient (Wildman–Crippen LogP) is 3.12. The number of fused-ring (bicyclic) bond motifs is 1. The monoisotopic (exact) mass is 304 g/mol. The molecule has 0 bridgehead atoms. The molecule has 1 aliphatic rings. The van der Waals surface area contributed by atoms with Gasteiger partial charge in [-0.1, -0.05) is 6.92 Å². The summed E-state index contributed by atoms with van der Waals surface area (Å²) < 4.78 is 6.76. The molecule has 1 saturated heterocycles. The zero-order valence-electron chi connectivity index (χ0n) is 12.3.